The van der Waals surface area contributed by atoms with Crippen LogP contribution in [-0.4, -0.2) is 44.4 Å². The van der Waals surface area contributed by atoms with Crippen molar-refractivity contribution in [2.45, 2.75) is 55.5 Å². The number of hydrogen-bond donors (Lipinski definition) is 2. The monoisotopic (exact) mass is 546 g/mol. The van der Waals surface area contributed by atoms with Crippen LogP contribution in [0.3, 0.4) is 0 Å². The van der Waals surface area contributed by atoms with Gasteiger partial charge in [-0.05, 0) is 53.4 Å². The van der Waals surface area contributed by atoms with Crippen LogP contribution in [0, 0.1) is 17.4 Å². The number of halogens is 2. The summed E-state index contributed by atoms with van der Waals surface area (Å²) in [6.45, 7) is 0.632. The summed E-state index contributed by atoms with van der Waals surface area (Å²) >= 11 is 6.58. The maximum atomic E-state index is 12.8. The molecule has 0 radical (unpaired) electrons. The van der Waals surface area contributed by atoms with Gasteiger partial charge in [-0.2, -0.15) is 5.26 Å². The molecule has 10 heteroatoms. The first-order chi connectivity index (χ1) is 13.8. The number of carbonyl (C=O) groups excluding carboxylic acids is 1. The van der Waals surface area contributed by atoms with Crippen LogP contribution in [0.5, 0.6) is 0 Å². The molecule has 0 bridgehead atoms. The van der Waals surface area contributed by atoms with Crippen LogP contribution in [0.4, 0.5) is 0 Å². The fraction of sp³-hybridized carbons (Fsp3) is 0.579. The molecule has 7 nitrogen and oxygen atoms in total. The van der Waals surface area contributed by atoms with Gasteiger partial charge in [0.2, 0.25) is 15.9 Å². The number of amides is 1. The summed E-state index contributed by atoms with van der Waals surface area (Å²) in [5.41, 5.74) is 0. The third-order valence-corrected chi connectivity index (χ3v) is 8.54. The molecule has 0 spiro atoms. The van der Waals surface area contributed by atoms with Gasteiger partial charge in [0.1, 0.15) is 0 Å². The molecule has 29 heavy (non-hydrogen) atoms. The van der Waals surface area contributed by atoms with Crippen LogP contribution in [0.25, 0.3) is 0 Å². The van der Waals surface area contributed by atoms with Crippen molar-refractivity contribution in [3.63, 3.8) is 0 Å². The van der Waals surface area contributed by atoms with Gasteiger partial charge in [-0.25, -0.2) is 13.1 Å². The van der Waals surface area contributed by atoms with E-state index in [1.807, 2.05) is 0 Å². The highest BCUT2D eigenvalue weighted by molar-refractivity contribution is 9.11. The summed E-state index contributed by atoms with van der Waals surface area (Å²) in [6, 6.07) is 4.33. The number of nitrogens with zero attached hydrogens (tertiary/aromatic N) is 2. The summed E-state index contributed by atoms with van der Waals surface area (Å²) in [4.78, 5) is 14.1. The van der Waals surface area contributed by atoms with E-state index in [0.717, 1.165) is 25.7 Å². The van der Waals surface area contributed by atoms with E-state index in [1.165, 1.54) is 12.5 Å². The zero-order valence-electron chi connectivity index (χ0n) is 15.9. The van der Waals surface area contributed by atoms with Crippen molar-refractivity contribution in [3.8, 4) is 6.19 Å². The molecule has 1 saturated heterocycles. The lowest BCUT2D eigenvalue weighted by Crippen LogP contribution is -2.40. The molecule has 2 N–H and O–H groups in total. The first-order valence-electron chi connectivity index (χ1n) is 9.71. The Labute approximate surface area is 188 Å². The maximum Gasteiger partial charge on any atom is 0.242 e. The minimum absolute atomic E-state index is 0.0460. The Bertz CT molecular complexity index is 897. The van der Waals surface area contributed by atoms with Crippen molar-refractivity contribution in [1.82, 2.24) is 14.9 Å². The summed E-state index contributed by atoms with van der Waals surface area (Å²) in [7, 11) is -3.75. The van der Waals surface area contributed by atoms with Crippen molar-refractivity contribution < 1.29 is 13.2 Å². The summed E-state index contributed by atoms with van der Waals surface area (Å²) in [5.74, 6) is 0.105. The first-order valence-corrected chi connectivity index (χ1v) is 12.8. The highest BCUT2D eigenvalue weighted by Crippen LogP contribution is 2.27. The number of benzene rings is 1. The average Bonchev–Trinajstić information content (AvgIpc) is 3.09. The Hall–Kier alpha value is -1.15. The molecule has 2 aliphatic rings. The van der Waals surface area contributed by atoms with Gasteiger partial charge in [0.15, 0.2) is 6.19 Å². The zero-order chi connectivity index (χ0) is 21.0. The smallest absolute Gasteiger partial charge is 0.242 e. The summed E-state index contributed by atoms with van der Waals surface area (Å²) in [5, 5.41) is 12.4. The predicted octanol–water partition coefficient (Wildman–Crippen LogP) is 3.11. The van der Waals surface area contributed by atoms with Crippen molar-refractivity contribution >= 4 is 47.8 Å². The molecule has 2 atom stereocenters. The molecule has 0 aromatic heterocycles. The number of hydrogen-bond acceptors (Lipinski definition) is 5. The molecule has 1 aliphatic heterocycles. The Morgan fingerprint density at radius 2 is 1.97 bits per heavy atom. The molecule has 2 fully saturated rings. The lowest BCUT2D eigenvalue weighted by Gasteiger charge is -2.23. The molecule has 1 aromatic carbocycles. The third kappa shape index (κ3) is 5.72. The molecule has 158 valence electrons. The van der Waals surface area contributed by atoms with Crippen LogP contribution in [0.1, 0.15) is 38.5 Å². The van der Waals surface area contributed by atoms with Gasteiger partial charge in [-0.1, -0.05) is 35.2 Å². The van der Waals surface area contributed by atoms with E-state index >= 15 is 0 Å². The minimum Gasteiger partial charge on any atom is -0.354 e. The van der Waals surface area contributed by atoms with Crippen molar-refractivity contribution in [2.75, 3.05) is 13.1 Å². The molecule has 1 heterocycles. The molecule has 1 saturated carbocycles. The third-order valence-electron chi connectivity index (χ3n) is 5.54. The van der Waals surface area contributed by atoms with E-state index in [4.69, 9.17) is 0 Å². The van der Waals surface area contributed by atoms with E-state index in [0.29, 0.717) is 21.9 Å². The van der Waals surface area contributed by atoms with Gasteiger partial charge in [-0.15, -0.1) is 0 Å². The maximum absolute atomic E-state index is 12.8. The van der Waals surface area contributed by atoms with E-state index in [2.05, 4.69) is 48.1 Å². The molecular weight excluding hydrogens is 524 g/mol. The second kappa shape index (κ2) is 9.77. The van der Waals surface area contributed by atoms with Gasteiger partial charge in [0.25, 0.3) is 0 Å². The van der Waals surface area contributed by atoms with Crippen LogP contribution >= 0.6 is 31.9 Å². The highest BCUT2D eigenvalue weighted by Gasteiger charge is 2.35. The second-order valence-electron chi connectivity index (χ2n) is 7.61. The Kier molecular flexibility index (Phi) is 7.59. The largest absolute Gasteiger partial charge is 0.354 e. The molecule has 1 amide bonds. The quantitative estimate of drug-likeness (QED) is 0.533. The summed E-state index contributed by atoms with van der Waals surface area (Å²) in [6.07, 6.45) is 7.78. The van der Waals surface area contributed by atoms with Gasteiger partial charge in [0.05, 0.1) is 10.9 Å². The van der Waals surface area contributed by atoms with Gasteiger partial charge in [0, 0.05) is 34.0 Å². The minimum atomic E-state index is -3.75. The van der Waals surface area contributed by atoms with Crippen LogP contribution in [0.15, 0.2) is 32.0 Å². The molecule has 0 unspecified atom stereocenters. The first kappa shape index (κ1) is 22.5. The molecule has 3 rings (SSSR count). The van der Waals surface area contributed by atoms with Gasteiger partial charge in [-0.3, -0.25) is 4.79 Å². The Balaban J connectivity index is 1.60. The van der Waals surface area contributed by atoms with E-state index in [1.54, 1.807) is 17.0 Å². The number of sulfonamides is 1. The van der Waals surface area contributed by atoms with E-state index in [9.17, 15) is 18.5 Å². The zero-order valence-corrected chi connectivity index (χ0v) is 19.9. The number of carbonyl (C=O) groups is 1. The van der Waals surface area contributed by atoms with E-state index < -0.39 is 16.1 Å². The van der Waals surface area contributed by atoms with Crippen LogP contribution in [0.2, 0.25) is 0 Å². The number of nitrogens with one attached hydrogen (secondary N) is 2. The molecule has 1 aromatic rings. The highest BCUT2D eigenvalue weighted by atomic mass is 79.9. The fourth-order valence-corrected chi connectivity index (χ4v) is 6.75. The Morgan fingerprint density at radius 1 is 1.24 bits per heavy atom. The molecule has 1 aliphatic carbocycles. The number of rotatable bonds is 6. The van der Waals surface area contributed by atoms with Crippen molar-refractivity contribution in [2.24, 2.45) is 5.92 Å². The van der Waals surface area contributed by atoms with Gasteiger partial charge < -0.3 is 10.2 Å². The lowest BCUT2D eigenvalue weighted by atomic mass is 9.88. The second-order valence-corrected chi connectivity index (χ2v) is 11.1. The van der Waals surface area contributed by atoms with Gasteiger partial charge >= 0.3 is 0 Å². The standard InChI is InChI=1S/C19H24Br2N4O3S/c20-14-6-7-17(21)18(8-14)29(27,28)24-15-9-16(25(11-15)12-22)10-23-19(26)13-4-2-1-3-5-13/h6-8,13,15-16,24H,1-5,9-11H2,(H,23,26)/t15-,16-/m1/s1. The fourth-order valence-electron chi connectivity index (χ4n) is 4.01. The Morgan fingerprint density at radius 3 is 2.66 bits per heavy atom. The van der Waals surface area contributed by atoms with Crippen molar-refractivity contribution in [1.29, 1.82) is 5.26 Å². The molecular formula is C19H24Br2N4O3S. The van der Waals surface area contributed by atoms with Crippen molar-refractivity contribution in [3.05, 3.63) is 27.1 Å². The van der Waals surface area contributed by atoms with Crippen LogP contribution in [-0.2, 0) is 14.8 Å². The topological polar surface area (TPSA) is 102 Å². The predicted molar refractivity (Wildman–Crippen MR) is 116 cm³/mol. The number of likely N-dealkylation sites (tertiary alicyclic amines) is 1. The lowest BCUT2D eigenvalue weighted by molar-refractivity contribution is -0.126. The van der Waals surface area contributed by atoms with Crippen LogP contribution < -0.4 is 10.0 Å². The van der Waals surface area contributed by atoms with E-state index in [-0.39, 0.29) is 29.3 Å². The average molecular weight is 548 g/mol. The normalized spacial score (nSPS) is 23.0. The SMILES string of the molecule is N#CN1C[C@H](NS(=O)(=O)c2cc(Br)ccc2Br)C[C@@H]1CNC(=O)C1CCCCC1. The summed E-state index contributed by atoms with van der Waals surface area (Å²) < 4.78 is 29.4. The number of nitriles is 1.